The number of nitrogens with zero attached hydrogens (tertiary/aromatic N) is 1. The molecule has 1 fully saturated rings. The van der Waals surface area contributed by atoms with Crippen molar-refractivity contribution in [3.63, 3.8) is 0 Å². The fourth-order valence-electron chi connectivity index (χ4n) is 1.82. The Hall–Kier alpha value is -1.79. The number of amidine groups is 1. The minimum absolute atomic E-state index is 0.176. The Labute approximate surface area is 106 Å². The van der Waals surface area contributed by atoms with E-state index in [2.05, 4.69) is 20.4 Å². The third-order valence-electron chi connectivity index (χ3n) is 2.72. The van der Waals surface area contributed by atoms with E-state index in [-0.39, 0.29) is 12.1 Å². The summed E-state index contributed by atoms with van der Waals surface area (Å²) in [5.74, 6) is 0. The highest BCUT2D eigenvalue weighted by Gasteiger charge is 2.16. The minimum Gasteiger partial charge on any atom is -0.468 e. The van der Waals surface area contributed by atoms with Crippen LogP contribution in [0.4, 0.5) is 9.59 Å². The predicted octanol–water partition coefficient (Wildman–Crippen LogP) is 1.39. The topological polar surface area (TPSA) is 89.0 Å². The quantitative estimate of drug-likeness (QED) is 0.548. The summed E-state index contributed by atoms with van der Waals surface area (Å²) in [5, 5.41) is 5.17. The summed E-state index contributed by atoms with van der Waals surface area (Å²) in [6.45, 7) is 0. The van der Waals surface area contributed by atoms with Gasteiger partial charge in [0.2, 0.25) is 0 Å². The number of carbonyl (C=O) groups is 2. The Morgan fingerprint density at radius 1 is 1.11 bits per heavy atom. The van der Waals surface area contributed by atoms with Gasteiger partial charge in [-0.05, 0) is 12.8 Å². The number of hydrogen-bond donors (Lipinski definition) is 2. The Bertz CT molecular complexity index is 324. The number of ether oxygens (including phenoxy) is 2. The molecule has 7 heteroatoms. The molecule has 1 aliphatic carbocycles. The Balaban J connectivity index is 2.41. The average Bonchev–Trinajstić information content (AvgIpc) is 2.38. The highest BCUT2D eigenvalue weighted by atomic mass is 16.5. The summed E-state index contributed by atoms with van der Waals surface area (Å²) >= 11 is 0. The summed E-state index contributed by atoms with van der Waals surface area (Å²) in [5.41, 5.74) is 0. The van der Waals surface area contributed by atoms with Gasteiger partial charge in [-0.15, -0.1) is 4.99 Å². The average molecular weight is 257 g/mol. The molecule has 1 aliphatic rings. The van der Waals surface area contributed by atoms with E-state index in [1.165, 1.54) is 20.6 Å². The maximum absolute atomic E-state index is 11.6. The van der Waals surface area contributed by atoms with Crippen LogP contribution in [0.3, 0.4) is 0 Å². The molecule has 3 amide bonds. The molecule has 0 bridgehead atoms. The van der Waals surface area contributed by atoms with Crippen molar-refractivity contribution < 1.29 is 19.1 Å². The first-order valence-corrected chi connectivity index (χ1v) is 5.94. The van der Waals surface area contributed by atoms with Gasteiger partial charge in [-0.1, -0.05) is 19.3 Å². The Morgan fingerprint density at radius 2 is 1.78 bits per heavy atom. The Kier molecular flexibility index (Phi) is 5.96. The van der Waals surface area contributed by atoms with E-state index >= 15 is 0 Å². The van der Waals surface area contributed by atoms with Gasteiger partial charge < -0.3 is 14.8 Å². The summed E-state index contributed by atoms with van der Waals surface area (Å²) in [7, 11) is 2.50. The molecule has 0 unspecified atom stereocenters. The lowest BCUT2D eigenvalue weighted by atomic mass is 9.96. The monoisotopic (exact) mass is 257 g/mol. The van der Waals surface area contributed by atoms with E-state index in [4.69, 9.17) is 4.74 Å². The van der Waals surface area contributed by atoms with Crippen molar-refractivity contribution >= 4 is 18.1 Å². The SMILES string of the molecule is COC(=O)N=C(NC(=O)NC1CCCCC1)OC. The van der Waals surface area contributed by atoms with Crippen LogP contribution in [-0.4, -0.2) is 38.4 Å². The van der Waals surface area contributed by atoms with Gasteiger partial charge in [0.15, 0.2) is 0 Å². The fraction of sp³-hybridized carbons (Fsp3) is 0.727. The second-order valence-corrected chi connectivity index (χ2v) is 4.02. The molecule has 102 valence electrons. The number of amides is 3. The number of aliphatic imine (C=N–C) groups is 1. The molecule has 0 saturated heterocycles. The van der Waals surface area contributed by atoms with Crippen LogP contribution in [0.25, 0.3) is 0 Å². The van der Waals surface area contributed by atoms with Crippen LogP contribution in [0, 0.1) is 0 Å². The van der Waals surface area contributed by atoms with Crippen LogP contribution < -0.4 is 10.6 Å². The van der Waals surface area contributed by atoms with Gasteiger partial charge >= 0.3 is 18.1 Å². The van der Waals surface area contributed by atoms with E-state index < -0.39 is 12.1 Å². The van der Waals surface area contributed by atoms with Crippen molar-refractivity contribution in [3.05, 3.63) is 0 Å². The first-order valence-electron chi connectivity index (χ1n) is 5.94. The maximum Gasteiger partial charge on any atom is 0.437 e. The van der Waals surface area contributed by atoms with Crippen molar-refractivity contribution in [2.75, 3.05) is 14.2 Å². The zero-order chi connectivity index (χ0) is 13.4. The van der Waals surface area contributed by atoms with Crippen molar-refractivity contribution in [1.82, 2.24) is 10.6 Å². The van der Waals surface area contributed by atoms with Gasteiger partial charge in [0.1, 0.15) is 0 Å². The van der Waals surface area contributed by atoms with Gasteiger partial charge in [0.05, 0.1) is 14.2 Å². The molecule has 0 spiro atoms. The lowest BCUT2D eigenvalue weighted by Gasteiger charge is -2.22. The van der Waals surface area contributed by atoms with Crippen molar-refractivity contribution in [2.24, 2.45) is 4.99 Å². The van der Waals surface area contributed by atoms with Gasteiger partial charge in [-0.2, -0.15) is 0 Å². The van der Waals surface area contributed by atoms with Crippen LogP contribution in [0.15, 0.2) is 4.99 Å². The van der Waals surface area contributed by atoms with Crippen molar-refractivity contribution in [1.29, 1.82) is 0 Å². The van der Waals surface area contributed by atoms with Crippen molar-refractivity contribution in [2.45, 2.75) is 38.1 Å². The van der Waals surface area contributed by atoms with Crippen LogP contribution in [-0.2, 0) is 9.47 Å². The summed E-state index contributed by atoms with van der Waals surface area (Å²) in [4.78, 5) is 25.9. The van der Waals surface area contributed by atoms with Gasteiger partial charge in [0, 0.05) is 6.04 Å². The van der Waals surface area contributed by atoms with Crippen LogP contribution in [0.2, 0.25) is 0 Å². The normalized spacial score (nSPS) is 16.9. The van der Waals surface area contributed by atoms with Crippen LogP contribution in [0.5, 0.6) is 0 Å². The molecule has 0 aromatic heterocycles. The number of rotatable bonds is 1. The molecule has 18 heavy (non-hydrogen) atoms. The van der Waals surface area contributed by atoms with Gasteiger partial charge in [-0.3, -0.25) is 5.32 Å². The summed E-state index contributed by atoms with van der Waals surface area (Å²) in [6, 6.07) is -0.434. The second-order valence-electron chi connectivity index (χ2n) is 4.02. The number of urea groups is 1. The zero-order valence-electron chi connectivity index (χ0n) is 10.7. The summed E-state index contributed by atoms with van der Waals surface area (Å²) in [6.07, 6.45) is 4.59. The van der Waals surface area contributed by atoms with E-state index in [0.29, 0.717) is 0 Å². The molecule has 0 aromatic rings. The van der Waals surface area contributed by atoms with Crippen LogP contribution >= 0.6 is 0 Å². The first kappa shape index (κ1) is 14.3. The lowest BCUT2D eigenvalue weighted by Crippen LogP contribution is -2.45. The fourth-order valence-corrected chi connectivity index (χ4v) is 1.82. The molecule has 0 heterocycles. The lowest BCUT2D eigenvalue weighted by molar-refractivity contribution is 0.181. The largest absolute Gasteiger partial charge is 0.468 e. The molecular weight excluding hydrogens is 238 g/mol. The number of nitrogens with one attached hydrogen (secondary N) is 2. The van der Waals surface area contributed by atoms with Crippen LogP contribution in [0.1, 0.15) is 32.1 Å². The molecule has 0 aromatic carbocycles. The number of carbonyl (C=O) groups excluding carboxylic acids is 2. The number of methoxy groups -OCH3 is 2. The molecule has 7 nitrogen and oxygen atoms in total. The maximum atomic E-state index is 11.6. The molecular formula is C11H19N3O4. The first-order chi connectivity index (χ1) is 8.65. The van der Waals surface area contributed by atoms with Crippen molar-refractivity contribution in [3.8, 4) is 0 Å². The molecule has 1 saturated carbocycles. The van der Waals surface area contributed by atoms with Gasteiger partial charge in [-0.25, -0.2) is 9.59 Å². The smallest absolute Gasteiger partial charge is 0.437 e. The van der Waals surface area contributed by atoms with E-state index in [1.807, 2.05) is 0 Å². The summed E-state index contributed by atoms with van der Waals surface area (Å²) < 4.78 is 9.10. The molecule has 0 aliphatic heterocycles. The zero-order valence-corrected chi connectivity index (χ0v) is 10.7. The molecule has 0 radical (unpaired) electrons. The highest BCUT2D eigenvalue weighted by Crippen LogP contribution is 2.17. The second kappa shape index (κ2) is 7.52. The van der Waals surface area contributed by atoms with E-state index in [0.717, 1.165) is 25.7 Å². The molecule has 0 atom stereocenters. The van der Waals surface area contributed by atoms with E-state index in [1.54, 1.807) is 0 Å². The Morgan fingerprint density at radius 3 is 2.33 bits per heavy atom. The highest BCUT2D eigenvalue weighted by molar-refractivity contribution is 5.97. The van der Waals surface area contributed by atoms with E-state index in [9.17, 15) is 9.59 Å². The molecule has 2 N–H and O–H groups in total. The third-order valence-corrected chi connectivity index (χ3v) is 2.72. The minimum atomic E-state index is -0.829. The van der Waals surface area contributed by atoms with Gasteiger partial charge in [0.25, 0.3) is 0 Å². The molecule has 1 rings (SSSR count). The number of hydrogen-bond acceptors (Lipinski definition) is 4. The third kappa shape index (κ3) is 5.03. The predicted molar refractivity (Wildman–Crippen MR) is 65.4 cm³/mol. The standard InChI is InChI=1S/C11H19N3O4/c1-17-10(14-11(16)18-2)13-9(15)12-8-6-4-3-5-7-8/h8H,3-7H2,1-2H3,(H2,12,13,14,15,16).